The van der Waals surface area contributed by atoms with Crippen molar-refractivity contribution in [2.75, 3.05) is 0 Å². The predicted molar refractivity (Wildman–Crippen MR) is 68.5 cm³/mol. The summed E-state index contributed by atoms with van der Waals surface area (Å²) in [6.45, 7) is 3.85. The Morgan fingerprint density at radius 3 is 2.79 bits per heavy atom. The van der Waals surface area contributed by atoms with Gasteiger partial charge in [0.1, 0.15) is 11.9 Å². The summed E-state index contributed by atoms with van der Waals surface area (Å²) in [6, 6.07) is 0.308. The van der Waals surface area contributed by atoms with Gasteiger partial charge in [-0.2, -0.15) is 0 Å². The topological polar surface area (TPSA) is 104 Å². The smallest absolute Gasteiger partial charge is 0.326 e. The molecular formula is C12H18N4O3. The van der Waals surface area contributed by atoms with E-state index in [-0.39, 0.29) is 6.54 Å². The van der Waals surface area contributed by atoms with Gasteiger partial charge >= 0.3 is 12.0 Å². The highest BCUT2D eigenvalue weighted by Crippen LogP contribution is 1.97. The maximum Gasteiger partial charge on any atom is 0.326 e. The third-order valence-corrected chi connectivity index (χ3v) is 2.44. The van der Waals surface area contributed by atoms with Crippen molar-refractivity contribution < 1.29 is 14.7 Å². The molecule has 3 N–H and O–H groups in total. The van der Waals surface area contributed by atoms with Crippen LogP contribution in [0.5, 0.6) is 0 Å². The van der Waals surface area contributed by atoms with Crippen molar-refractivity contribution in [3.8, 4) is 0 Å². The number of carboxylic acids is 1. The quantitative estimate of drug-likeness (QED) is 0.707. The van der Waals surface area contributed by atoms with E-state index in [0.29, 0.717) is 24.4 Å². The number of hydrogen-bond acceptors (Lipinski definition) is 4. The molecule has 0 spiro atoms. The Hall–Kier alpha value is -2.18. The fraction of sp³-hybridized carbons (Fsp3) is 0.500. The minimum Gasteiger partial charge on any atom is -0.480 e. The molecule has 0 aliphatic heterocycles. The van der Waals surface area contributed by atoms with Gasteiger partial charge in [0, 0.05) is 6.20 Å². The average Bonchev–Trinajstić information content (AvgIpc) is 2.36. The average molecular weight is 266 g/mol. The summed E-state index contributed by atoms with van der Waals surface area (Å²) in [5.74, 6) is -0.413. The fourth-order valence-corrected chi connectivity index (χ4v) is 1.53. The molecule has 2 amide bonds. The summed E-state index contributed by atoms with van der Waals surface area (Å²) in [7, 11) is 0. The number of hydrogen-bond donors (Lipinski definition) is 3. The first-order valence-electron chi connectivity index (χ1n) is 6.08. The third-order valence-electron chi connectivity index (χ3n) is 2.44. The number of nitrogens with one attached hydrogen (secondary N) is 2. The number of aliphatic carboxylic acids is 1. The van der Waals surface area contributed by atoms with Crippen LogP contribution in [0.4, 0.5) is 4.79 Å². The van der Waals surface area contributed by atoms with Gasteiger partial charge in [-0.1, -0.05) is 13.3 Å². The van der Waals surface area contributed by atoms with Crippen LogP contribution in [0.15, 0.2) is 12.3 Å². The van der Waals surface area contributed by atoms with Crippen molar-refractivity contribution in [2.45, 2.75) is 39.3 Å². The van der Waals surface area contributed by atoms with E-state index in [1.807, 2.05) is 6.92 Å². The molecule has 1 aromatic rings. The highest BCUT2D eigenvalue weighted by molar-refractivity contribution is 5.82. The van der Waals surface area contributed by atoms with E-state index >= 15 is 0 Å². The first-order valence-corrected chi connectivity index (χ1v) is 6.08. The molecule has 0 radical (unpaired) electrons. The zero-order valence-electron chi connectivity index (χ0n) is 11.0. The van der Waals surface area contributed by atoms with Gasteiger partial charge in [0.05, 0.1) is 12.2 Å². The van der Waals surface area contributed by atoms with Crippen LogP contribution in [-0.4, -0.2) is 33.1 Å². The molecule has 1 aromatic heterocycles. The van der Waals surface area contributed by atoms with Crippen LogP contribution in [0.2, 0.25) is 0 Å². The van der Waals surface area contributed by atoms with Gasteiger partial charge in [-0.25, -0.2) is 19.6 Å². The Morgan fingerprint density at radius 1 is 1.47 bits per heavy atom. The van der Waals surface area contributed by atoms with E-state index < -0.39 is 18.0 Å². The van der Waals surface area contributed by atoms with Crippen LogP contribution in [0.25, 0.3) is 0 Å². The van der Waals surface area contributed by atoms with Crippen molar-refractivity contribution in [2.24, 2.45) is 0 Å². The molecular weight excluding hydrogens is 248 g/mol. The maximum atomic E-state index is 11.6. The second-order valence-corrected chi connectivity index (χ2v) is 4.10. The summed E-state index contributed by atoms with van der Waals surface area (Å²) >= 11 is 0. The predicted octanol–water partition coefficient (Wildman–Crippen LogP) is 0.838. The number of rotatable bonds is 6. The zero-order valence-corrected chi connectivity index (χ0v) is 11.0. The van der Waals surface area contributed by atoms with E-state index in [1.165, 1.54) is 0 Å². The van der Waals surface area contributed by atoms with Gasteiger partial charge in [0.2, 0.25) is 0 Å². The SMILES string of the molecule is CCC[C@H](NC(=O)NCc1ccnc(C)n1)C(=O)O. The van der Waals surface area contributed by atoms with E-state index in [1.54, 1.807) is 19.2 Å². The van der Waals surface area contributed by atoms with Crippen LogP contribution >= 0.6 is 0 Å². The van der Waals surface area contributed by atoms with Crippen molar-refractivity contribution in [3.05, 3.63) is 23.8 Å². The molecule has 0 saturated carbocycles. The first-order chi connectivity index (χ1) is 9.02. The molecule has 0 unspecified atom stereocenters. The lowest BCUT2D eigenvalue weighted by Gasteiger charge is -2.14. The fourth-order valence-electron chi connectivity index (χ4n) is 1.53. The minimum absolute atomic E-state index is 0.230. The molecule has 19 heavy (non-hydrogen) atoms. The molecule has 0 bridgehead atoms. The van der Waals surface area contributed by atoms with Gasteiger partial charge in [-0.15, -0.1) is 0 Å². The zero-order chi connectivity index (χ0) is 14.3. The Morgan fingerprint density at radius 2 is 2.21 bits per heavy atom. The van der Waals surface area contributed by atoms with Gasteiger partial charge in [-0.05, 0) is 19.4 Å². The lowest BCUT2D eigenvalue weighted by molar-refractivity contribution is -0.139. The second-order valence-electron chi connectivity index (χ2n) is 4.10. The normalized spacial score (nSPS) is 11.7. The summed E-state index contributed by atoms with van der Waals surface area (Å²) in [4.78, 5) is 30.5. The van der Waals surface area contributed by atoms with Crippen molar-refractivity contribution in [1.29, 1.82) is 0 Å². The second kappa shape index (κ2) is 7.30. The number of carbonyl (C=O) groups excluding carboxylic acids is 1. The van der Waals surface area contributed by atoms with Gasteiger partial charge in [-0.3, -0.25) is 0 Å². The molecule has 1 rings (SSSR count). The Labute approximate surface area is 111 Å². The molecule has 0 fully saturated rings. The number of nitrogens with zero attached hydrogens (tertiary/aromatic N) is 2. The molecule has 104 valence electrons. The number of carboxylic acid groups (broad SMARTS) is 1. The van der Waals surface area contributed by atoms with Gasteiger partial charge in [0.15, 0.2) is 0 Å². The van der Waals surface area contributed by atoms with Crippen LogP contribution in [0.1, 0.15) is 31.3 Å². The van der Waals surface area contributed by atoms with Crippen molar-refractivity contribution >= 4 is 12.0 Å². The Kier molecular flexibility index (Phi) is 5.72. The van der Waals surface area contributed by atoms with Gasteiger partial charge in [0.25, 0.3) is 0 Å². The summed E-state index contributed by atoms with van der Waals surface area (Å²) < 4.78 is 0. The number of aromatic nitrogens is 2. The van der Waals surface area contributed by atoms with E-state index in [9.17, 15) is 9.59 Å². The minimum atomic E-state index is -1.03. The first kappa shape index (κ1) is 14.9. The Balaban J connectivity index is 2.44. The molecule has 1 atom stereocenters. The van der Waals surface area contributed by atoms with Gasteiger partial charge < -0.3 is 15.7 Å². The molecule has 1 heterocycles. The monoisotopic (exact) mass is 266 g/mol. The molecule has 7 nitrogen and oxygen atoms in total. The van der Waals surface area contributed by atoms with Crippen molar-refractivity contribution in [1.82, 2.24) is 20.6 Å². The molecule has 0 aliphatic rings. The lowest BCUT2D eigenvalue weighted by atomic mass is 10.2. The molecule has 0 aliphatic carbocycles. The molecule has 0 saturated heterocycles. The summed E-state index contributed by atoms with van der Waals surface area (Å²) in [5, 5.41) is 13.9. The molecule has 7 heteroatoms. The van der Waals surface area contributed by atoms with E-state index in [0.717, 1.165) is 0 Å². The largest absolute Gasteiger partial charge is 0.480 e. The highest BCUT2D eigenvalue weighted by atomic mass is 16.4. The highest BCUT2D eigenvalue weighted by Gasteiger charge is 2.18. The standard InChI is InChI=1S/C12H18N4O3/c1-3-4-10(11(17)18)16-12(19)14-7-9-5-6-13-8(2)15-9/h5-6,10H,3-4,7H2,1-2H3,(H,17,18)(H2,14,16,19)/t10-/m0/s1. The summed E-state index contributed by atoms with van der Waals surface area (Å²) in [6.07, 6.45) is 2.69. The van der Waals surface area contributed by atoms with Crippen molar-refractivity contribution in [3.63, 3.8) is 0 Å². The maximum absolute atomic E-state index is 11.6. The van der Waals surface area contributed by atoms with Crippen LogP contribution < -0.4 is 10.6 Å². The third kappa shape index (κ3) is 5.33. The Bertz CT molecular complexity index is 450. The van der Waals surface area contributed by atoms with E-state index in [2.05, 4.69) is 20.6 Å². The van der Waals surface area contributed by atoms with Crippen LogP contribution in [-0.2, 0) is 11.3 Å². The number of aryl methyl sites for hydroxylation is 1. The molecule has 0 aromatic carbocycles. The van der Waals surface area contributed by atoms with Crippen LogP contribution in [0, 0.1) is 6.92 Å². The summed E-state index contributed by atoms with van der Waals surface area (Å²) in [5.41, 5.74) is 0.671. The van der Waals surface area contributed by atoms with E-state index in [4.69, 9.17) is 5.11 Å². The van der Waals surface area contributed by atoms with Crippen LogP contribution in [0.3, 0.4) is 0 Å². The lowest BCUT2D eigenvalue weighted by Crippen LogP contribution is -2.45. The number of carbonyl (C=O) groups is 2. The number of amides is 2. The number of urea groups is 1.